The molecule has 136 valence electrons. The Labute approximate surface area is 147 Å². The maximum Gasteiger partial charge on any atom is 0.223 e. The smallest absolute Gasteiger partial charge is 0.223 e. The van der Waals surface area contributed by atoms with E-state index >= 15 is 0 Å². The van der Waals surface area contributed by atoms with E-state index in [9.17, 15) is 13.2 Å². The lowest BCUT2D eigenvalue weighted by Gasteiger charge is -2.32. The van der Waals surface area contributed by atoms with Gasteiger partial charge in [-0.05, 0) is 30.9 Å². The van der Waals surface area contributed by atoms with Crippen LogP contribution in [0.2, 0.25) is 0 Å². The van der Waals surface area contributed by atoms with Gasteiger partial charge in [-0.15, -0.1) is 0 Å². The summed E-state index contributed by atoms with van der Waals surface area (Å²) in [5.74, 6) is 1.10. The van der Waals surface area contributed by atoms with Crippen molar-refractivity contribution in [1.29, 1.82) is 0 Å². The fraction of sp³-hybridized carbons (Fsp3) is 0.529. The Kier molecular flexibility index (Phi) is 5.39. The van der Waals surface area contributed by atoms with Crippen molar-refractivity contribution in [1.82, 2.24) is 19.6 Å². The number of likely N-dealkylation sites (tertiary alicyclic amines) is 1. The summed E-state index contributed by atoms with van der Waals surface area (Å²) in [6, 6.07) is 7.81. The minimum atomic E-state index is -3.19. The average Bonchev–Trinajstić information content (AvgIpc) is 3.00. The summed E-state index contributed by atoms with van der Waals surface area (Å²) in [6.07, 6.45) is 4.00. The van der Waals surface area contributed by atoms with Crippen LogP contribution < -0.4 is 4.72 Å². The van der Waals surface area contributed by atoms with E-state index in [1.54, 1.807) is 0 Å². The molecule has 0 bridgehead atoms. The second-order valence-electron chi connectivity index (χ2n) is 6.67. The third kappa shape index (κ3) is 5.02. The minimum absolute atomic E-state index is 0.101. The van der Waals surface area contributed by atoms with Gasteiger partial charge in [0.05, 0.1) is 17.3 Å². The zero-order valence-corrected chi connectivity index (χ0v) is 15.2. The van der Waals surface area contributed by atoms with E-state index in [2.05, 4.69) is 14.7 Å². The number of carbonyl (C=O) groups is 1. The molecule has 25 heavy (non-hydrogen) atoms. The van der Waals surface area contributed by atoms with Crippen LogP contribution in [0.1, 0.15) is 25.1 Å². The highest BCUT2D eigenvalue weighted by atomic mass is 32.2. The molecule has 2 heterocycles. The first-order valence-electron chi connectivity index (χ1n) is 8.57. The molecule has 0 spiro atoms. The summed E-state index contributed by atoms with van der Waals surface area (Å²) >= 11 is 0. The first-order valence-corrected chi connectivity index (χ1v) is 10.5. The molecule has 0 saturated carbocycles. The molecule has 3 rings (SSSR count). The van der Waals surface area contributed by atoms with E-state index < -0.39 is 10.0 Å². The zero-order chi connectivity index (χ0) is 17.9. The summed E-state index contributed by atoms with van der Waals surface area (Å²) in [7, 11) is -3.19. The SMILES string of the molecule is CS(=O)(=O)NCC1CCCN(C(=O)CCc2nc3ccccc3[nH]2)C1. The number of amides is 1. The number of H-pyrrole nitrogens is 1. The number of sulfonamides is 1. The van der Waals surface area contributed by atoms with E-state index in [-0.39, 0.29) is 11.8 Å². The number of para-hydroxylation sites is 2. The number of benzene rings is 1. The molecule has 1 aliphatic rings. The van der Waals surface area contributed by atoms with Crippen LogP contribution in [0.5, 0.6) is 0 Å². The molecule has 1 fully saturated rings. The predicted octanol–water partition coefficient (Wildman–Crippen LogP) is 1.28. The van der Waals surface area contributed by atoms with Crippen molar-refractivity contribution >= 4 is 27.0 Å². The molecule has 0 aliphatic carbocycles. The Morgan fingerprint density at radius 3 is 2.96 bits per heavy atom. The summed E-state index contributed by atoms with van der Waals surface area (Å²) in [5.41, 5.74) is 1.89. The van der Waals surface area contributed by atoms with Gasteiger partial charge >= 0.3 is 0 Å². The Hall–Kier alpha value is -1.93. The van der Waals surface area contributed by atoms with Gasteiger partial charge in [0.1, 0.15) is 5.82 Å². The number of imidazole rings is 1. The lowest BCUT2D eigenvalue weighted by molar-refractivity contribution is -0.132. The minimum Gasteiger partial charge on any atom is -0.342 e. The molecule has 1 aliphatic heterocycles. The number of rotatable bonds is 6. The van der Waals surface area contributed by atoms with Crippen LogP contribution in [-0.4, -0.2) is 55.1 Å². The van der Waals surface area contributed by atoms with Crippen LogP contribution in [-0.2, 0) is 21.2 Å². The monoisotopic (exact) mass is 364 g/mol. The van der Waals surface area contributed by atoms with Crippen molar-refractivity contribution in [2.24, 2.45) is 5.92 Å². The van der Waals surface area contributed by atoms with Gasteiger partial charge in [-0.2, -0.15) is 0 Å². The summed E-state index contributed by atoms with van der Waals surface area (Å²) in [6.45, 7) is 1.75. The number of piperidine rings is 1. The Morgan fingerprint density at radius 2 is 2.20 bits per heavy atom. The van der Waals surface area contributed by atoms with E-state index in [0.717, 1.165) is 42.5 Å². The average molecular weight is 364 g/mol. The highest BCUT2D eigenvalue weighted by Gasteiger charge is 2.24. The van der Waals surface area contributed by atoms with Crippen molar-refractivity contribution in [2.45, 2.75) is 25.7 Å². The largest absolute Gasteiger partial charge is 0.342 e. The summed E-state index contributed by atoms with van der Waals surface area (Å²) in [4.78, 5) is 22.1. The number of hydrogen-bond acceptors (Lipinski definition) is 4. The van der Waals surface area contributed by atoms with Crippen molar-refractivity contribution in [3.63, 3.8) is 0 Å². The van der Waals surface area contributed by atoms with Crippen LogP contribution in [0, 0.1) is 5.92 Å². The maximum atomic E-state index is 12.5. The molecule has 2 N–H and O–H groups in total. The number of nitrogens with zero attached hydrogens (tertiary/aromatic N) is 2. The van der Waals surface area contributed by atoms with Crippen molar-refractivity contribution < 1.29 is 13.2 Å². The van der Waals surface area contributed by atoms with Gasteiger partial charge in [0.25, 0.3) is 0 Å². The van der Waals surface area contributed by atoms with Crippen LogP contribution in [0.25, 0.3) is 11.0 Å². The molecule has 1 saturated heterocycles. The van der Waals surface area contributed by atoms with E-state index in [1.807, 2.05) is 29.2 Å². The van der Waals surface area contributed by atoms with E-state index in [0.29, 0.717) is 25.9 Å². The van der Waals surface area contributed by atoms with Gasteiger partial charge in [0.15, 0.2) is 0 Å². The van der Waals surface area contributed by atoms with Crippen LogP contribution in [0.4, 0.5) is 0 Å². The molecule has 1 aromatic carbocycles. The standard InChI is InChI=1S/C17H24N4O3S/c1-25(23,24)18-11-13-5-4-10-21(12-13)17(22)9-8-16-19-14-6-2-3-7-15(14)20-16/h2-3,6-7,13,18H,4-5,8-12H2,1H3,(H,19,20). The molecule has 1 aromatic heterocycles. The zero-order valence-electron chi connectivity index (χ0n) is 14.4. The predicted molar refractivity (Wildman–Crippen MR) is 96.6 cm³/mol. The number of hydrogen-bond donors (Lipinski definition) is 2. The molecule has 0 radical (unpaired) electrons. The number of fused-ring (bicyclic) bond motifs is 1. The molecule has 8 heteroatoms. The lowest BCUT2D eigenvalue weighted by atomic mass is 9.98. The van der Waals surface area contributed by atoms with Gasteiger partial charge < -0.3 is 9.88 Å². The number of aryl methyl sites for hydroxylation is 1. The normalized spacial score (nSPS) is 18.6. The molecule has 2 aromatic rings. The summed E-state index contributed by atoms with van der Waals surface area (Å²) < 4.78 is 25.0. The van der Waals surface area contributed by atoms with Gasteiger partial charge in [-0.25, -0.2) is 18.1 Å². The highest BCUT2D eigenvalue weighted by Crippen LogP contribution is 2.18. The number of aromatic amines is 1. The van der Waals surface area contributed by atoms with Crippen molar-refractivity contribution in [3.8, 4) is 0 Å². The second-order valence-corrected chi connectivity index (χ2v) is 8.50. The molecular weight excluding hydrogens is 340 g/mol. The van der Waals surface area contributed by atoms with Crippen LogP contribution >= 0.6 is 0 Å². The quantitative estimate of drug-likeness (QED) is 0.807. The van der Waals surface area contributed by atoms with Gasteiger partial charge in [-0.1, -0.05) is 12.1 Å². The Bertz CT molecular complexity index is 813. The van der Waals surface area contributed by atoms with Gasteiger partial charge in [-0.3, -0.25) is 4.79 Å². The van der Waals surface area contributed by atoms with E-state index in [4.69, 9.17) is 0 Å². The van der Waals surface area contributed by atoms with Crippen molar-refractivity contribution in [2.75, 3.05) is 25.9 Å². The summed E-state index contributed by atoms with van der Waals surface area (Å²) in [5, 5.41) is 0. The van der Waals surface area contributed by atoms with E-state index in [1.165, 1.54) is 0 Å². The Morgan fingerprint density at radius 1 is 1.40 bits per heavy atom. The van der Waals surface area contributed by atoms with Crippen LogP contribution in [0.15, 0.2) is 24.3 Å². The lowest BCUT2D eigenvalue weighted by Crippen LogP contribution is -2.43. The fourth-order valence-electron chi connectivity index (χ4n) is 3.23. The molecule has 7 nitrogen and oxygen atoms in total. The Balaban J connectivity index is 1.51. The maximum absolute atomic E-state index is 12.5. The first kappa shape index (κ1) is 17.9. The van der Waals surface area contributed by atoms with Gasteiger partial charge in [0, 0.05) is 32.5 Å². The van der Waals surface area contributed by atoms with Gasteiger partial charge in [0.2, 0.25) is 15.9 Å². The molecular formula is C17H24N4O3S. The number of carbonyl (C=O) groups excluding carboxylic acids is 1. The third-order valence-electron chi connectivity index (χ3n) is 4.52. The number of aromatic nitrogens is 2. The highest BCUT2D eigenvalue weighted by molar-refractivity contribution is 7.88. The first-order chi connectivity index (χ1) is 11.9. The molecule has 1 unspecified atom stereocenters. The molecule has 1 amide bonds. The fourth-order valence-corrected chi connectivity index (χ4v) is 3.77. The second kappa shape index (κ2) is 7.53. The van der Waals surface area contributed by atoms with Crippen LogP contribution in [0.3, 0.4) is 0 Å². The van der Waals surface area contributed by atoms with Crippen molar-refractivity contribution in [3.05, 3.63) is 30.1 Å². The third-order valence-corrected chi connectivity index (χ3v) is 5.21. The molecule has 1 atom stereocenters. The topological polar surface area (TPSA) is 95.2 Å². The number of nitrogens with one attached hydrogen (secondary N) is 2.